The van der Waals surface area contributed by atoms with Gasteiger partial charge in [-0.3, -0.25) is 4.79 Å². The van der Waals surface area contributed by atoms with Gasteiger partial charge in [0.15, 0.2) is 0 Å². The van der Waals surface area contributed by atoms with Crippen molar-refractivity contribution in [3.05, 3.63) is 20.8 Å². The maximum absolute atomic E-state index is 11.8. The maximum atomic E-state index is 11.8. The van der Waals surface area contributed by atoms with Gasteiger partial charge < -0.3 is 5.32 Å². The third kappa shape index (κ3) is 5.50. The summed E-state index contributed by atoms with van der Waals surface area (Å²) in [6, 6.07) is 1.81. The second kappa shape index (κ2) is 5.67. The molecule has 1 aromatic rings. The largest absolute Gasteiger partial charge is 0.389 e. The highest BCUT2D eigenvalue weighted by Crippen LogP contribution is 2.21. The van der Waals surface area contributed by atoms with E-state index < -0.39 is 24.9 Å². The van der Waals surface area contributed by atoms with Crippen molar-refractivity contribution in [3.8, 4) is 0 Å². The zero-order chi connectivity index (χ0) is 12.2. The Hall–Kier alpha value is -0.560. The second-order valence-corrected chi connectivity index (χ2v) is 5.03. The van der Waals surface area contributed by atoms with Crippen LogP contribution < -0.4 is 5.32 Å². The molecule has 0 aliphatic heterocycles. The summed E-state index contributed by atoms with van der Waals surface area (Å²) in [7, 11) is 0. The van der Waals surface area contributed by atoms with E-state index in [4.69, 9.17) is 0 Å². The van der Waals surface area contributed by atoms with Crippen LogP contribution in [0, 0.1) is 0 Å². The standard InChI is InChI=1S/C9H9BrF3NOS/c10-6-3-7(16-5-6)4-14-8(15)1-2-9(11,12)13/h3,5H,1-2,4H2,(H,14,15). The van der Waals surface area contributed by atoms with Crippen LogP contribution in [-0.4, -0.2) is 12.1 Å². The van der Waals surface area contributed by atoms with Crippen molar-refractivity contribution in [2.45, 2.75) is 25.6 Å². The van der Waals surface area contributed by atoms with E-state index in [1.807, 2.05) is 11.4 Å². The Labute approximate surface area is 103 Å². The van der Waals surface area contributed by atoms with Gasteiger partial charge in [-0.25, -0.2) is 0 Å². The molecule has 0 spiro atoms. The van der Waals surface area contributed by atoms with Crippen molar-refractivity contribution in [3.63, 3.8) is 0 Å². The molecule has 0 aliphatic rings. The lowest BCUT2D eigenvalue weighted by Gasteiger charge is -2.06. The Morgan fingerprint density at radius 2 is 2.19 bits per heavy atom. The molecule has 0 unspecified atom stereocenters. The summed E-state index contributed by atoms with van der Waals surface area (Å²) in [5.74, 6) is -0.582. The number of rotatable bonds is 4. The van der Waals surface area contributed by atoms with E-state index in [1.54, 1.807) is 0 Å². The van der Waals surface area contributed by atoms with Crippen LogP contribution in [0.2, 0.25) is 0 Å². The van der Waals surface area contributed by atoms with Crippen molar-refractivity contribution in [1.82, 2.24) is 5.32 Å². The highest BCUT2D eigenvalue weighted by molar-refractivity contribution is 9.10. The van der Waals surface area contributed by atoms with Crippen LogP contribution >= 0.6 is 27.3 Å². The topological polar surface area (TPSA) is 29.1 Å². The van der Waals surface area contributed by atoms with Gasteiger partial charge >= 0.3 is 6.18 Å². The van der Waals surface area contributed by atoms with Gasteiger partial charge in [0.05, 0.1) is 13.0 Å². The average molecular weight is 316 g/mol. The summed E-state index contributed by atoms with van der Waals surface area (Å²) >= 11 is 4.68. The monoisotopic (exact) mass is 315 g/mol. The smallest absolute Gasteiger partial charge is 0.351 e. The molecule has 1 rings (SSSR count). The van der Waals surface area contributed by atoms with Crippen LogP contribution in [0.4, 0.5) is 13.2 Å². The van der Waals surface area contributed by atoms with Crippen LogP contribution in [0.25, 0.3) is 0 Å². The molecule has 0 radical (unpaired) electrons. The van der Waals surface area contributed by atoms with Gasteiger partial charge in [0.25, 0.3) is 0 Å². The van der Waals surface area contributed by atoms with Crippen molar-refractivity contribution >= 4 is 33.2 Å². The van der Waals surface area contributed by atoms with Crippen LogP contribution in [0.3, 0.4) is 0 Å². The van der Waals surface area contributed by atoms with Gasteiger partial charge in [-0.2, -0.15) is 13.2 Å². The molecule has 0 fully saturated rings. The van der Waals surface area contributed by atoms with E-state index in [2.05, 4.69) is 21.2 Å². The number of nitrogens with one attached hydrogen (secondary N) is 1. The quantitative estimate of drug-likeness (QED) is 0.905. The van der Waals surface area contributed by atoms with E-state index in [-0.39, 0.29) is 6.54 Å². The summed E-state index contributed by atoms with van der Waals surface area (Å²) in [6.45, 7) is 0.271. The SMILES string of the molecule is O=C(CCC(F)(F)F)NCc1cc(Br)cs1. The first-order valence-corrected chi connectivity index (χ1v) is 6.10. The van der Waals surface area contributed by atoms with Crippen molar-refractivity contribution in [2.24, 2.45) is 0 Å². The lowest BCUT2D eigenvalue weighted by molar-refractivity contribution is -0.144. The lowest BCUT2D eigenvalue weighted by Crippen LogP contribution is -2.24. The number of alkyl halides is 3. The molecule has 0 aliphatic carbocycles. The summed E-state index contributed by atoms with van der Waals surface area (Å²) in [6.07, 6.45) is -5.87. The maximum Gasteiger partial charge on any atom is 0.389 e. The molecule has 2 nitrogen and oxygen atoms in total. The van der Waals surface area contributed by atoms with Gasteiger partial charge in [-0.15, -0.1) is 11.3 Å². The van der Waals surface area contributed by atoms with Crippen molar-refractivity contribution < 1.29 is 18.0 Å². The molecule has 0 atom stereocenters. The minimum atomic E-state index is -4.27. The summed E-state index contributed by atoms with van der Waals surface area (Å²) in [5, 5.41) is 4.28. The fourth-order valence-corrected chi connectivity index (χ4v) is 2.37. The van der Waals surface area contributed by atoms with Crippen LogP contribution in [0.15, 0.2) is 15.9 Å². The zero-order valence-electron chi connectivity index (χ0n) is 8.10. The first-order valence-electron chi connectivity index (χ1n) is 4.43. The van der Waals surface area contributed by atoms with E-state index >= 15 is 0 Å². The Morgan fingerprint density at radius 3 is 2.69 bits per heavy atom. The molecular weight excluding hydrogens is 307 g/mol. The molecule has 0 saturated heterocycles. The number of carbonyl (C=O) groups is 1. The minimum Gasteiger partial charge on any atom is -0.351 e. The predicted molar refractivity (Wildman–Crippen MR) is 59.2 cm³/mol. The first-order chi connectivity index (χ1) is 7.37. The van der Waals surface area contributed by atoms with Gasteiger partial charge in [-0.1, -0.05) is 0 Å². The molecule has 1 heterocycles. The van der Waals surface area contributed by atoms with Gasteiger partial charge in [-0.05, 0) is 22.0 Å². The molecule has 0 saturated carbocycles. The van der Waals surface area contributed by atoms with Crippen molar-refractivity contribution in [1.29, 1.82) is 0 Å². The zero-order valence-corrected chi connectivity index (χ0v) is 10.5. The third-order valence-electron chi connectivity index (χ3n) is 1.72. The molecular formula is C9H9BrF3NOS. The van der Waals surface area contributed by atoms with Gasteiger partial charge in [0.2, 0.25) is 5.91 Å². The number of halogens is 4. The molecule has 90 valence electrons. The van der Waals surface area contributed by atoms with Crippen LogP contribution in [0.5, 0.6) is 0 Å². The Bertz CT molecular complexity index is 364. The van der Waals surface area contributed by atoms with Crippen molar-refractivity contribution in [2.75, 3.05) is 0 Å². The Kier molecular flexibility index (Phi) is 4.79. The van der Waals surface area contributed by atoms with Gasteiger partial charge in [0.1, 0.15) is 0 Å². The van der Waals surface area contributed by atoms with Gasteiger partial charge in [0, 0.05) is 21.2 Å². The number of amides is 1. The van der Waals surface area contributed by atoms with Crippen LogP contribution in [-0.2, 0) is 11.3 Å². The Morgan fingerprint density at radius 1 is 1.50 bits per heavy atom. The summed E-state index contributed by atoms with van der Waals surface area (Å²) < 4.78 is 36.3. The lowest BCUT2D eigenvalue weighted by atomic mass is 10.3. The predicted octanol–water partition coefficient (Wildman–Crippen LogP) is 3.47. The normalized spacial score (nSPS) is 11.5. The molecule has 1 N–H and O–H groups in total. The number of carbonyl (C=O) groups excluding carboxylic acids is 1. The summed E-state index contributed by atoms with van der Waals surface area (Å²) in [5.41, 5.74) is 0. The minimum absolute atomic E-state index is 0.271. The molecule has 0 bridgehead atoms. The third-order valence-corrected chi connectivity index (χ3v) is 3.41. The van der Waals surface area contributed by atoms with E-state index in [0.717, 1.165) is 9.35 Å². The molecule has 0 aromatic carbocycles. The van der Waals surface area contributed by atoms with E-state index in [1.165, 1.54) is 11.3 Å². The van der Waals surface area contributed by atoms with Crippen LogP contribution in [0.1, 0.15) is 17.7 Å². The number of hydrogen-bond donors (Lipinski definition) is 1. The average Bonchev–Trinajstić information content (AvgIpc) is 2.57. The molecule has 16 heavy (non-hydrogen) atoms. The molecule has 1 amide bonds. The fourth-order valence-electron chi connectivity index (χ4n) is 0.976. The molecule has 1 aromatic heterocycles. The second-order valence-electron chi connectivity index (χ2n) is 3.12. The number of thiophene rings is 1. The molecule has 7 heteroatoms. The first kappa shape index (κ1) is 13.5. The highest BCUT2D eigenvalue weighted by Gasteiger charge is 2.27. The fraction of sp³-hybridized carbons (Fsp3) is 0.444. The van der Waals surface area contributed by atoms with E-state index in [0.29, 0.717) is 0 Å². The number of hydrogen-bond acceptors (Lipinski definition) is 2. The summed E-state index contributed by atoms with van der Waals surface area (Å²) in [4.78, 5) is 11.9. The highest BCUT2D eigenvalue weighted by atomic mass is 79.9. The Balaban J connectivity index is 2.25. The van der Waals surface area contributed by atoms with E-state index in [9.17, 15) is 18.0 Å².